The number of amides is 1. The van der Waals surface area contributed by atoms with Crippen LogP contribution in [0.3, 0.4) is 0 Å². The van der Waals surface area contributed by atoms with Crippen LogP contribution in [-0.2, 0) is 11.2 Å². The van der Waals surface area contributed by atoms with Crippen molar-refractivity contribution in [1.29, 1.82) is 0 Å². The molecule has 0 bridgehead atoms. The van der Waals surface area contributed by atoms with Gasteiger partial charge in [-0.15, -0.1) is 0 Å². The molecule has 1 amide bonds. The second-order valence-corrected chi connectivity index (χ2v) is 8.46. The zero-order chi connectivity index (χ0) is 19.8. The first-order chi connectivity index (χ1) is 13.5. The maximum absolute atomic E-state index is 12.3. The number of fused-ring (bicyclic) bond motifs is 2. The van der Waals surface area contributed by atoms with E-state index in [-0.39, 0.29) is 17.9 Å². The Morgan fingerprint density at radius 3 is 2.61 bits per heavy atom. The first-order valence-corrected chi connectivity index (χ1v) is 10.7. The smallest absolute Gasteiger partial charge is 0.234 e. The van der Waals surface area contributed by atoms with Crippen LogP contribution >= 0.6 is 0 Å². The molecule has 0 N–H and O–H groups in total. The molecular weight excluding hydrogens is 346 g/mol. The molecule has 0 spiro atoms. The minimum atomic E-state index is -0.0974. The normalized spacial score (nSPS) is 23.2. The number of carbonyl (C=O) groups is 1. The number of rotatable bonds is 6. The van der Waals surface area contributed by atoms with E-state index in [1.54, 1.807) is 4.90 Å². The molecule has 1 aliphatic heterocycles. The molecule has 2 aromatic rings. The molecule has 4 rings (SSSR count). The molecule has 0 radical (unpaired) electrons. The molecule has 148 valence electrons. The standard InChI is InChI=1S/C25H31NO2/c1-5-17(6-2)13-19-14-18-9-7-8-10-21(18)24(19)28-20-11-12-23-22(15-20)16(3)25(27)26(23)4/h7-12,15-17,19,24H,5-6,13-14H2,1-4H3. The fraction of sp³-hybridized carbons (Fsp3) is 0.480. The lowest BCUT2D eigenvalue weighted by Gasteiger charge is -2.25. The highest BCUT2D eigenvalue weighted by Crippen LogP contribution is 2.45. The Morgan fingerprint density at radius 2 is 1.86 bits per heavy atom. The van der Waals surface area contributed by atoms with Crippen molar-refractivity contribution in [1.82, 2.24) is 0 Å². The van der Waals surface area contributed by atoms with E-state index < -0.39 is 0 Å². The van der Waals surface area contributed by atoms with Crippen molar-refractivity contribution in [3.63, 3.8) is 0 Å². The van der Waals surface area contributed by atoms with Crippen LogP contribution in [-0.4, -0.2) is 13.0 Å². The number of carbonyl (C=O) groups excluding carboxylic acids is 1. The number of anilines is 1. The summed E-state index contributed by atoms with van der Waals surface area (Å²) in [5, 5.41) is 0. The van der Waals surface area contributed by atoms with Gasteiger partial charge in [-0.05, 0) is 60.6 Å². The summed E-state index contributed by atoms with van der Waals surface area (Å²) < 4.78 is 6.62. The van der Waals surface area contributed by atoms with Crippen LogP contribution in [0, 0.1) is 11.8 Å². The Balaban J connectivity index is 1.62. The quantitative estimate of drug-likeness (QED) is 0.628. The van der Waals surface area contributed by atoms with Gasteiger partial charge in [-0.1, -0.05) is 51.0 Å². The molecule has 28 heavy (non-hydrogen) atoms. The average molecular weight is 378 g/mol. The molecule has 0 saturated carbocycles. The van der Waals surface area contributed by atoms with E-state index in [4.69, 9.17) is 4.74 Å². The van der Waals surface area contributed by atoms with Crippen LogP contribution in [0.2, 0.25) is 0 Å². The van der Waals surface area contributed by atoms with E-state index >= 15 is 0 Å². The monoisotopic (exact) mass is 377 g/mol. The van der Waals surface area contributed by atoms with Gasteiger partial charge >= 0.3 is 0 Å². The number of nitrogens with zero attached hydrogens (tertiary/aromatic N) is 1. The van der Waals surface area contributed by atoms with E-state index in [9.17, 15) is 4.79 Å². The summed E-state index contributed by atoms with van der Waals surface area (Å²) in [6, 6.07) is 14.9. The maximum atomic E-state index is 12.3. The molecule has 2 aliphatic rings. The van der Waals surface area contributed by atoms with Gasteiger partial charge in [-0.25, -0.2) is 0 Å². The third-order valence-electron chi connectivity index (χ3n) is 6.85. The molecule has 3 nitrogen and oxygen atoms in total. The summed E-state index contributed by atoms with van der Waals surface area (Å²) in [7, 11) is 1.85. The highest BCUT2D eigenvalue weighted by Gasteiger charge is 2.36. The Bertz CT molecular complexity index is 871. The summed E-state index contributed by atoms with van der Waals surface area (Å²) in [4.78, 5) is 14.1. The zero-order valence-corrected chi connectivity index (χ0v) is 17.4. The molecule has 3 heteroatoms. The molecule has 2 aromatic carbocycles. The van der Waals surface area contributed by atoms with E-state index in [2.05, 4.69) is 44.2 Å². The van der Waals surface area contributed by atoms with Crippen molar-refractivity contribution in [2.75, 3.05) is 11.9 Å². The van der Waals surface area contributed by atoms with Crippen molar-refractivity contribution < 1.29 is 9.53 Å². The molecule has 0 aromatic heterocycles. The molecular formula is C25H31NO2. The number of likely N-dealkylation sites (N-methyl/N-ethyl adjacent to an activating group) is 1. The number of benzene rings is 2. The van der Waals surface area contributed by atoms with E-state index in [1.807, 2.05) is 26.1 Å². The van der Waals surface area contributed by atoms with Crippen molar-refractivity contribution in [3.8, 4) is 5.75 Å². The van der Waals surface area contributed by atoms with Crippen LogP contribution in [0.5, 0.6) is 5.75 Å². The Hall–Kier alpha value is -2.29. The first kappa shape index (κ1) is 19.0. The highest BCUT2D eigenvalue weighted by atomic mass is 16.5. The number of ether oxygens (including phenoxy) is 1. The second kappa shape index (κ2) is 7.62. The zero-order valence-electron chi connectivity index (χ0n) is 17.4. The fourth-order valence-electron chi connectivity index (χ4n) is 5.00. The summed E-state index contributed by atoms with van der Waals surface area (Å²) in [5.41, 5.74) is 4.84. The van der Waals surface area contributed by atoms with Crippen LogP contribution in [0.1, 0.15) is 68.7 Å². The summed E-state index contributed by atoms with van der Waals surface area (Å²) in [6.45, 7) is 6.57. The Kier molecular flexibility index (Phi) is 5.18. The molecule has 1 aliphatic carbocycles. The lowest BCUT2D eigenvalue weighted by Crippen LogP contribution is -2.22. The minimum Gasteiger partial charge on any atom is -0.485 e. The van der Waals surface area contributed by atoms with E-state index in [0.29, 0.717) is 5.92 Å². The molecule has 0 fully saturated rings. The van der Waals surface area contributed by atoms with Crippen LogP contribution in [0.15, 0.2) is 42.5 Å². The van der Waals surface area contributed by atoms with Gasteiger partial charge in [0.2, 0.25) is 5.91 Å². The van der Waals surface area contributed by atoms with Crippen LogP contribution in [0.4, 0.5) is 5.69 Å². The van der Waals surface area contributed by atoms with Crippen molar-refractivity contribution >= 4 is 11.6 Å². The molecule has 1 heterocycles. The van der Waals surface area contributed by atoms with Gasteiger partial charge in [-0.2, -0.15) is 0 Å². The van der Waals surface area contributed by atoms with Gasteiger partial charge in [0.15, 0.2) is 0 Å². The van der Waals surface area contributed by atoms with Crippen molar-refractivity contribution in [3.05, 3.63) is 59.2 Å². The number of hydrogen-bond acceptors (Lipinski definition) is 2. The summed E-state index contributed by atoms with van der Waals surface area (Å²) in [6.07, 6.45) is 4.84. The van der Waals surface area contributed by atoms with Crippen LogP contribution < -0.4 is 9.64 Å². The Morgan fingerprint density at radius 1 is 1.11 bits per heavy atom. The summed E-state index contributed by atoms with van der Waals surface area (Å²) in [5.74, 6) is 2.20. The first-order valence-electron chi connectivity index (χ1n) is 10.7. The number of hydrogen-bond donors (Lipinski definition) is 0. The predicted molar refractivity (Wildman–Crippen MR) is 114 cm³/mol. The summed E-state index contributed by atoms with van der Waals surface area (Å²) >= 11 is 0. The van der Waals surface area contributed by atoms with Gasteiger partial charge in [0, 0.05) is 18.7 Å². The highest BCUT2D eigenvalue weighted by molar-refractivity contribution is 6.04. The van der Waals surface area contributed by atoms with Crippen molar-refractivity contribution in [2.24, 2.45) is 11.8 Å². The molecule has 3 unspecified atom stereocenters. The third-order valence-corrected chi connectivity index (χ3v) is 6.85. The lowest BCUT2D eigenvalue weighted by atomic mass is 9.87. The topological polar surface area (TPSA) is 29.5 Å². The minimum absolute atomic E-state index is 0.0972. The predicted octanol–water partition coefficient (Wildman–Crippen LogP) is 5.89. The largest absolute Gasteiger partial charge is 0.485 e. The van der Waals surface area contributed by atoms with Gasteiger partial charge in [0.1, 0.15) is 11.9 Å². The van der Waals surface area contributed by atoms with E-state index in [0.717, 1.165) is 29.3 Å². The average Bonchev–Trinajstić information content (AvgIpc) is 3.16. The SMILES string of the molecule is CCC(CC)CC1Cc2ccccc2C1Oc1ccc2c(c1)C(C)C(=O)N2C. The van der Waals surface area contributed by atoms with E-state index in [1.165, 1.54) is 30.4 Å². The van der Waals surface area contributed by atoms with Crippen LogP contribution in [0.25, 0.3) is 0 Å². The molecule has 3 atom stereocenters. The second-order valence-electron chi connectivity index (χ2n) is 8.46. The fourth-order valence-corrected chi connectivity index (χ4v) is 5.00. The Labute approximate surface area is 168 Å². The van der Waals surface area contributed by atoms with Gasteiger partial charge < -0.3 is 9.64 Å². The molecule has 0 saturated heterocycles. The van der Waals surface area contributed by atoms with Crippen molar-refractivity contribution in [2.45, 2.75) is 58.5 Å². The third kappa shape index (κ3) is 3.21. The lowest BCUT2D eigenvalue weighted by molar-refractivity contribution is -0.118. The van der Waals surface area contributed by atoms with Gasteiger partial charge in [0.25, 0.3) is 0 Å². The maximum Gasteiger partial charge on any atom is 0.234 e. The van der Waals surface area contributed by atoms with Gasteiger partial charge in [0.05, 0.1) is 5.92 Å². The van der Waals surface area contributed by atoms with Gasteiger partial charge in [-0.3, -0.25) is 4.79 Å².